The summed E-state index contributed by atoms with van der Waals surface area (Å²) in [6.45, 7) is 4.32. The van der Waals surface area contributed by atoms with E-state index in [1.165, 1.54) is 38.5 Å². The summed E-state index contributed by atoms with van der Waals surface area (Å²) in [6, 6.07) is 1.15. The van der Waals surface area contributed by atoms with E-state index in [0.29, 0.717) is 12.3 Å². The summed E-state index contributed by atoms with van der Waals surface area (Å²) in [5, 5.41) is 0. The summed E-state index contributed by atoms with van der Waals surface area (Å²) in [4.78, 5) is 0. The monoisotopic (exact) mass is 466 g/mol. The minimum absolute atomic E-state index is 0. The Morgan fingerprint density at radius 2 is 1.58 bits per heavy atom. The van der Waals surface area contributed by atoms with Gasteiger partial charge in [-0.3, -0.25) is 0 Å². The van der Waals surface area contributed by atoms with Gasteiger partial charge in [0.05, 0.1) is 0 Å². The van der Waals surface area contributed by atoms with Gasteiger partial charge in [-0.2, -0.15) is 4.39 Å². The summed E-state index contributed by atoms with van der Waals surface area (Å²) in [7, 11) is 0. The van der Waals surface area contributed by atoms with Gasteiger partial charge in [0, 0.05) is 2.85 Å². The van der Waals surface area contributed by atoms with E-state index in [4.69, 9.17) is 11.2 Å². The molecule has 2 aliphatic carbocycles. The summed E-state index contributed by atoms with van der Waals surface area (Å²) >= 11 is 0. The molecule has 2 fully saturated rings. The van der Waals surface area contributed by atoms with Gasteiger partial charge in [0.15, 0.2) is 23.5 Å². The number of hydrogen-bond acceptors (Lipinski definition) is 1. The second-order valence-electron chi connectivity index (χ2n) is 10.4. The Balaban J connectivity index is 0.00000306. The summed E-state index contributed by atoms with van der Waals surface area (Å²) < 4.78 is 50.0. The fraction of sp³-hybridized carbons (Fsp3) is 0.724. The molecule has 4 heteroatoms. The van der Waals surface area contributed by atoms with Crippen LogP contribution in [0, 0.1) is 47.5 Å². The third-order valence-electron chi connectivity index (χ3n) is 8.13. The van der Waals surface area contributed by atoms with Crippen LogP contribution < -0.4 is 4.74 Å². The molecular formula is C29H45F3O. The van der Waals surface area contributed by atoms with Crippen LogP contribution >= 0.6 is 0 Å². The van der Waals surface area contributed by atoms with Crippen LogP contribution in [0.1, 0.15) is 118 Å². The van der Waals surface area contributed by atoms with E-state index in [1.54, 1.807) is 0 Å². The van der Waals surface area contributed by atoms with Crippen molar-refractivity contribution in [3.05, 3.63) is 29.1 Å². The van der Waals surface area contributed by atoms with E-state index in [-0.39, 0.29) is 14.3 Å². The van der Waals surface area contributed by atoms with E-state index < -0.39 is 29.3 Å². The molecule has 0 aliphatic heterocycles. The molecule has 0 saturated heterocycles. The lowest BCUT2D eigenvalue weighted by Gasteiger charge is -2.38. The summed E-state index contributed by atoms with van der Waals surface area (Å²) in [5.74, 6) is 0.886. The largest absolute Gasteiger partial charge is 0.471 e. The van der Waals surface area contributed by atoms with Gasteiger partial charge in [-0.1, -0.05) is 58.3 Å². The van der Waals surface area contributed by atoms with Crippen molar-refractivity contribution in [2.24, 2.45) is 17.8 Å². The van der Waals surface area contributed by atoms with Crippen LogP contribution in [0.15, 0.2) is 6.07 Å². The molecular weight excluding hydrogens is 421 g/mol. The van der Waals surface area contributed by atoms with Gasteiger partial charge in [-0.15, -0.1) is 6.42 Å². The fourth-order valence-corrected chi connectivity index (χ4v) is 6.16. The van der Waals surface area contributed by atoms with Crippen LogP contribution in [0.3, 0.4) is 0 Å². The topological polar surface area (TPSA) is 9.23 Å². The van der Waals surface area contributed by atoms with Crippen LogP contribution in [0.4, 0.5) is 13.2 Å². The number of ether oxygens (including phenoxy) is 1. The number of halogens is 3. The van der Waals surface area contributed by atoms with E-state index in [2.05, 4.69) is 19.8 Å². The number of unbranched alkanes of at least 4 members (excludes halogenated alkanes) is 2. The minimum atomic E-state index is -1.24. The zero-order valence-corrected chi connectivity index (χ0v) is 20.5. The third-order valence-corrected chi connectivity index (χ3v) is 8.13. The first-order valence-corrected chi connectivity index (χ1v) is 13.3. The average Bonchev–Trinajstić information content (AvgIpc) is 2.84. The Morgan fingerprint density at radius 3 is 2.15 bits per heavy atom. The standard InChI is InChI=1S/C29H41F3O.2H2/c1-4-7-8-10-24(6-3)33-29-26(30)19-25(27(31)28(29)32)23-17-15-22(16-18-23)21-13-11-20(9-5-2)12-14-21;;/h3,19-24H,4-5,7-18H2,1-2H3;2*1H. The summed E-state index contributed by atoms with van der Waals surface area (Å²) in [5.41, 5.74) is 0.158. The van der Waals surface area contributed by atoms with Gasteiger partial charge in [0.2, 0.25) is 5.82 Å². The zero-order valence-electron chi connectivity index (χ0n) is 20.5. The molecule has 0 amide bonds. The fourth-order valence-electron chi connectivity index (χ4n) is 6.16. The lowest BCUT2D eigenvalue weighted by molar-refractivity contribution is 0.155. The molecule has 0 radical (unpaired) electrons. The van der Waals surface area contributed by atoms with Crippen molar-refractivity contribution in [1.82, 2.24) is 0 Å². The molecule has 1 aromatic rings. The van der Waals surface area contributed by atoms with Crippen molar-refractivity contribution in [2.45, 2.75) is 116 Å². The van der Waals surface area contributed by atoms with Crippen molar-refractivity contribution in [2.75, 3.05) is 0 Å². The van der Waals surface area contributed by atoms with Crippen molar-refractivity contribution < 1.29 is 20.8 Å². The van der Waals surface area contributed by atoms with Gasteiger partial charge in [0.1, 0.15) is 0 Å². The minimum Gasteiger partial charge on any atom is -0.471 e. The van der Waals surface area contributed by atoms with Crippen molar-refractivity contribution >= 4 is 0 Å². The van der Waals surface area contributed by atoms with E-state index in [0.717, 1.165) is 62.8 Å². The van der Waals surface area contributed by atoms with Gasteiger partial charge >= 0.3 is 0 Å². The Labute approximate surface area is 201 Å². The molecule has 1 nitrogen and oxygen atoms in total. The van der Waals surface area contributed by atoms with Crippen molar-refractivity contribution in [3.8, 4) is 18.1 Å². The molecule has 0 heterocycles. The SMILES string of the molecule is C#CC(CCCCC)Oc1c(F)cc(C2CCC(C3CCC(CCC)CC3)CC2)c(F)c1F.[HH].[HH]. The highest BCUT2D eigenvalue weighted by Gasteiger charge is 2.33. The van der Waals surface area contributed by atoms with Gasteiger partial charge in [0.25, 0.3) is 0 Å². The maximum Gasteiger partial charge on any atom is 0.204 e. The number of rotatable bonds is 10. The number of terminal acetylenes is 1. The first-order valence-electron chi connectivity index (χ1n) is 13.3. The molecule has 0 spiro atoms. The van der Waals surface area contributed by atoms with Gasteiger partial charge < -0.3 is 4.74 Å². The van der Waals surface area contributed by atoms with Crippen LogP contribution in [-0.4, -0.2) is 6.10 Å². The molecule has 33 heavy (non-hydrogen) atoms. The molecule has 1 unspecified atom stereocenters. The van der Waals surface area contributed by atoms with Crippen molar-refractivity contribution in [1.29, 1.82) is 0 Å². The average molecular weight is 467 g/mol. The highest BCUT2D eigenvalue weighted by atomic mass is 19.2. The van der Waals surface area contributed by atoms with E-state index in [1.807, 2.05) is 0 Å². The molecule has 2 aliphatic rings. The molecule has 1 atom stereocenters. The first-order chi connectivity index (χ1) is 16.0. The third kappa shape index (κ3) is 6.71. The Morgan fingerprint density at radius 1 is 0.939 bits per heavy atom. The second-order valence-corrected chi connectivity index (χ2v) is 10.4. The molecule has 188 valence electrons. The van der Waals surface area contributed by atoms with Gasteiger partial charge in [-0.25, -0.2) is 8.78 Å². The zero-order chi connectivity index (χ0) is 23.8. The normalized spacial score (nSPS) is 26.5. The Hall–Kier alpha value is -1.63. The van der Waals surface area contributed by atoms with Gasteiger partial charge in [-0.05, 0) is 86.7 Å². The lowest BCUT2D eigenvalue weighted by atomic mass is 9.68. The predicted molar refractivity (Wildman–Crippen MR) is 133 cm³/mol. The van der Waals surface area contributed by atoms with Crippen LogP contribution in [0.2, 0.25) is 0 Å². The van der Waals surface area contributed by atoms with Crippen LogP contribution in [0.25, 0.3) is 0 Å². The predicted octanol–water partition coefficient (Wildman–Crippen LogP) is 9.44. The van der Waals surface area contributed by atoms with E-state index >= 15 is 0 Å². The van der Waals surface area contributed by atoms with Crippen LogP contribution in [-0.2, 0) is 0 Å². The highest BCUT2D eigenvalue weighted by Crippen LogP contribution is 2.45. The molecule has 3 rings (SSSR count). The second kappa shape index (κ2) is 12.7. The maximum absolute atomic E-state index is 15.0. The van der Waals surface area contributed by atoms with Crippen LogP contribution in [0.5, 0.6) is 5.75 Å². The summed E-state index contributed by atoms with van der Waals surface area (Å²) in [6.07, 6.45) is 19.5. The molecule has 0 N–H and O–H groups in total. The molecule has 0 aromatic heterocycles. The molecule has 0 bridgehead atoms. The quantitative estimate of drug-likeness (QED) is 0.189. The lowest BCUT2D eigenvalue weighted by Crippen LogP contribution is -2.26. The van der Waals surface area contributed by atoms with E-state index in [9.17, 15) is 13.2 Å². The Bertz CT molecular complexity index is 794. The maximum atomic E-state index is 15.0. The highest BCUT2D eigenvalue weighted by molar-refractivity contribution is 5.35. The Kier molecular flexibility index (Phi) is 10.0. The molecule has 1 aromatic carbocycles. The van der Waals surface area contributed by atoms with Crippen molar-refractivity contribution in [3.63, 3.8) is 0 Å². The molecule has 2 saturated carbocycles. The smallest absolute Gasteiger partial charge is 0.204 e. The number of hydrogen-bond donors (Lipinski definition) is 0. The number of benzene rings is 1. The first kappa shape index (κ1) is 26.0.